The maximum atomic E-state index is 12.2. The van der Waals surface area contributed by atoms with E-state index in [1.54, 1.807) is 7.11 Å². The molecule has 0 radical (unpaired) electrons. The number of rotatable bonds is 3. The number of sulfone groups is 1. The molecule has 3 aliphatic rings. The number of hydrogen-bond acceptors (Lipinski definition) is 7. The van der Waals surface area contributed by atoms with Crippen LogP contribution in [0.3, 0.4) is 0 Å². The zero-order valence-corrected chi connectivity index (χ0v) is 16.1. The highest BCUT2D eigenvalue weighted by Gasteiger charge is 2.45. The van der Waals surface area contributed by atoms with Gasteiger partial charge in [-0.15, -0.1) is 0 Å². The highest BCUT2D eigenvalue weighted by molar-refractivity contribution is 7.91. The van der Waals surface area contributed by atoms with Gasteiger partial charge in [0.25, 0.3) is 0 Å². The zero-order chi connectivity index (χ0) is 18.3. The van der Waals surface area contributed by atoms with Gasteiger partial charge in [-0.2, -0.15) is 0 Å². The molecule has 7 nitrogen and oxygen atoms in total. The lowest BCUT2D eigenvalue weighted by Gasteiger charge is -2.42. The summed E-state index contributed by atoms with van der Waals surface area (Å²) in [5.74, 6) is 2.69. The van der Waals surface area contributed by atoms with Crippen LogP contribution in [0.1, 0.15) is 12.0 Å². The maximum absolute atomic E-state index is 12.2. The molecule has 0 spiro atoms. The van der Waals surface area contributed by atoms with Crippen molar-refractivity contribution in [1.82, 2.24) is 9.80 Å². The van der Waals surface area contributed by atoms with Gasteiger partial charge < -0.3 is 14.2 Å². The van der Waals surface area contributed by atoms with E-state index < -0.39 is 9.84 Å². The summed E-state index contributed by atoms with van der Waals surface area (Å²) in [6.45, 7) is 3.62. The average molecular weight is 382 g/mol. The van der Waals surface area contributed by atoms with Gasteiger partial charge in [-0.3, -0.25) is 9.80 Å². The summed E-state index contributed by atoms with van der Waals surface area (Å²) in [7, 11) is 0.685. The molecular formula is C18H26N2O5S. The van der Waals surface area contributed by atoms with E-state index in [-0.39, 0.29) is 23.6 Å². The van der Waals surface area contributed by atoms with Gasteiger partial charge in [-0.05, 0) is 13.1 Å². The number of piperazine rings is 1. The molecule has 0 amide bonds. The van der Waals surface area contributed by atoms with Gasteiger partial charge in [0, 0.05) is 49.8 Å². The fourth-order valence-electron chi connectivity index (χ4n) is 4.16. The van der Waals surface area contributed by atoms with Crippen molar-refractivity contribution in [3.8, 4) is 17.2 Å². The normalized spacial score (nSPS) is 28.4. The second-order valence-corrected chi connectivity index (χ2v) is 9.48. The molecule has 3 aliphatic heterocycles. The first kappa shape index (κ1) is 17.9. The minimum Gasteiger partial charge on any atom is -0.496 e. The van der Waals surface area contributed by atoms with E-state index in [4.69, 9.17) is 14.2 Å². The quantitative estimate of drug-likeness (QED) is 0.765. The van der Waals surface area contributed by atoms with Crippen molar-refractivity contribution >= 4 is 9.84 Å². The third-order valence-electron chi connectivity index (χ3n) is 5.59. The maximum Gasteiger partial charge on any atom is 0.164 e. The van der Waals surface area contributed by atoms with E-state index in [0.29, 0.717) is 25.5 Å². The second-order valence-electron chi connectivity index (χ2n) is 7.32. The van der Waals surface area contributed by atoms with Crippen LogP contribution in [0.4, 0.5) is 0 Å². The topological polar surface area (TPSA) is 68.3 Å². The first-order valence-corrected chi connectivity index (χ1v) is 10.9. The lowest BCUT2D eigenvalue weighted by atomic mass is 10.0. The molecule has 2 fully saturated rings. The van der Waals surface area contributed by atoms with Gasteiger partial charge in [-0.25, -0.2) is 8.42 Å². The molecule has 0 saturated carbocycles. The highest BCUT2D eigenvalue weighted by Crippen LogP contribution is 2.38. The SMILES string of the molecule is COc1cc2c(cc1CN1CCN(C)[C@@H]3CS(=O)(=O)C[C@@H]31)OCCCO2. The summed E-state index contributed by atoms with van der Waals surface area (Å²) < 4.78 is 41.5. The van der Waals surface area contributed by atoms with Crippen LogP contribution in [0.5, 0.6) is 17.2 Å². The molecule has 1 aromatic carbocycles. The number of nitrogens with zero attached hydrogens (tertiary/aromatic N) is 2. The largest absolute Gasteiger partial charge is 0.496 e. The predicted molar refractivity (Wildman–Crippen MR) is 97.9 cm³/mol. The molecule has 0 aromatic heterocycles. The molecule has 1 aromatic rings. The summed E-state index contributed by atoms with van der Waals surface area (Å²) in [6.07, 6.45) is 0.854. The van der Waals surface area contributed by atoms with Gasteiger partial charge in [0.15, 0.2) is 21.3 Å². The standard InChI is InChI=1S/C18H26N2O5S/c1-19-4-5-20(15-12-26(21,22)11-14(15)19)10-13-8-17-18(9-16(13)23-2)25-7-3-6-24-17/h8-9,14-15H,3-7,10-12H2,1-2H3/t14-,15+/m1/s1. The lowest BCUT2D eigenvalue weighted by molar-refractivity contribution is 0.0567. The van der Waals surface area contributed by atoms with E-state index in [1.165, 1.54) is 0 Å². The number of hydrogen-bond donors (Lipinski definition) is 0. The summed E-state index contributed by atoms with van der Waals surface area (Å²) in [5.41, 5.74) is 1.00. The molecule has 0 N–H and O–H groups in total. The van der Waals surface area contributed by atoms with E-state index in [2.05, 4.69) is 9.80 Å². The fraction of sp³-hybridized carbons (Fsp3) is 0.667. The van der Waals surface area contributed by atoms with Gasteiger partial charge >= 0.3 is 0 Å². The molecule has 0 aliphatic carbocycles. The van der Waals surface area contributed by atoms with Gasteiger partial charge in [0.05, 0.1) is 31.8 Å². The highest BCUT2D eigenvalue weighted by atomic mass is 32.2. The molecule has 0 bridgehead atoms. The van der Waals surface area contributed by atoms with Crippen LogP contribution in [-0.4, -0.2) is 82.3 Å². The fourth-order valence-corrected chi connectivity index (χ4v) is 6.25. The summed E-state index contributed by atoms with van der Waals surface area (Å²) >= 11 is 0. The molecule has 0 unspecified atom stereocenters. The van der Waals surface area contributed by atoms with Crippen LogP contribution in [0, 0.1) is 0 Å². The van der Waals surface area contributed by atoms with Gasteiger partial charge in [0.1, 0.15) is 5.75 Å². The number of ether oxygens (including phenoxy) is 3. The third-order valence-corrected chi connectivity index (χ3v) is 7.29. The van der Waals surface area contributed by atoms with Crippen molar-refractivity contribution in [1.29, 1.82) is 0 Å². The Bertz CT molecular complexity index is 782. The van der Waals surface area contributed by atoms with Crippen molar-refractivity contribution < 1.29 is 22.6 Å². The molecule has 3 heterocycles. The Labute approximate surface area is 154 Å². The molecule has 144 valence electrons. The van der Waals surface area contributed by atoms with E-state index in [1.807, 2.05) is 19.2 Å². The molecule has 8 heteroatoms. The first-order valence-electron chi connectivity index (χ1n) is 9.08. The Hall–Kier alpha value is -1.51. The van der Waals surface area contributed by atoms with E-state index >= 15 is 0 Å². The summed E-state index contributed by atoms with van der Waals surface area (Å²) in [4.78, 5) is 4.45. The molecular weight excluding hydrogens is 356 g/mol. The van der Waals surface area contributed by atoms with Crippen LogP contribution >= 0.6 is 0 Å². The van der Waals surface area contributed by atoms with Crippen molar-refractivity contribution in [2.45, 2.75) is 25.0 Å². The van der Waals surface area contributed by atoms with Crippen LogP contribution in [0.2, 0.25) is 0 Å². The minimum atomic E-state index is -2.98. The molecule has 4 rings (SSSR count). The van der Waals surface area contributed by atoms with Crippen molar-refractivity contribution in [2.24, 2.45) is 0 Å². The van der Waals surface area contributed by atoms with Crippen molar-refractivity contribution in [3.63, 3.8) is 0 Å². The number of benzene rings is 1. The summed E-state index contributed by atoms with van der Waals surface area (Å²) in [6, 6.07) is 3.96. The Balaban J connectivity index is 1.61. The Morgan fingerprint density at radius 3 is 2.54 bits per heavy atom. The average Bonchev–Trinajstić information content (AvgIpc) is 2.78. The van der Waals surface area contributed by atoms with Crippen LogP contribution in [-0.2, 0) is 16.4 Å². The number of fused-ring (bicyclic) bond motifs is 2. The second kappa shape index (κ2) is 6.90. The van der Waals surface area contributed by atoms with Crippen molar-refractivity contribution in [2.75, 3.05) is 52.0 Å². The van der Waals surface area contributed by atoms with E-state index in [0.717, 1.165) is 36.6 Å². The number of likely N-dealkylation sites (N-methyl/N-ethyl adjacent to an activating group) is 1. The molecule has 2 atom stereocenters. The summed E-state index contributed by atoms with van der Waals surface area (Å²) in [5, 5.41) is 0. The van der Waals surface area contributed by atoms with Crippen molar-refractivity contribution in [3.05, 3.63) is 17.7 Å². The van der Waals surface area contributed by atoms with Gasteiger partial charge in [-0.1, -0.05) is 0 Å². The predicted octanol–water partition coefficient (Wildman–Crippen LogP) is 0.770. The minimum absolute atomic E-state index is 0.0273. The monoisotopic (exact) mass is 382 g/mol. The van der Waals surface area contributed by atoms with E-state index in [9.17, 15) is 8.42 Å². The Morgan fingerprint density at radius 1 is 1.12 bits per heavy atom. The Kier molecular flexibility index (Phi) is 4.75. The smallest absolute Gasteiger partial charge is 0.164 e. The molecule has 2 saturated heterocycles. The number of methoxy groups -OCH3 is 1. The zero-order valence-electron chi connectivity index (χ0n) is 15.3. The van der Waals surface area contributed by atoms with Crippen LogP contribution < -0.4 is 14.2 Å². The lowest BCUT2D eigenvalue weighted by Crippen LogP contribution is -2.57. The van der Waals surface area contributed by atoms with Crippen LogP contribution in [0.15, 0.2) is 12.1 Å². The van der Waals surface area contributed by atoms with Gasteiger partial charge in [0.2, 0.25) is 0 Å². The Morgan fingerprint density at radius 2 is 1.81 bits per heavy atom. The van der Waals surface area contributed by atoms with Crippen LogP contribution in [0.25, 0.3) is 0 Å². The first-order chi connectivity index (χ1) is 12.5. The molecule has 26 heavy (non-hydrogen) atoms. The third kappa shape index (κ3) is 3.37.